The van der Waals surface area contributed by atoms with E-state index < -0.39 is 12.0 Å². The standard InChI is InChI=1S/C17H33NO5/c1-3-4-5-6-7-8-14-23-15-11-18(9-12-19,10-13-20)16(2)17(21)22/h3-4,16,19-20H,5-15H2,1-2H3/b4-3+. The van der Waals surface area contributed by atoms with E-state index in [9.17, 15) is 20.1 Å². The minimum atomic E-state index is -1.17. The number of aliphatic carboxylic acids is 1. The van der Waals surface area contributed by atoms with Crippen LogP contribution >= 0.6 is 0 Å². The zero-order chi connectivity index (χ0) is 17.6. The Bertz CT molecular complexity index is 327. The minimum Gasteiger partial charge on any atom is -0.544 e. The van der Waals surface area contributed by atoms with Crippen LogP contribution in [-0.4, -0.2) is 72.8 Å². The number of unbranched alkanes of at least 4 members (excludes halogenated alkanes) is 3. The number of hydrogen-bond donors (Lipinski definition) is 2. The number of carbonyl (C=O) groups excluding carboxylic acids is 1. The molecule has 2 N–H and O–H groups in total. The highest BCUT2D eigenvalue weighted by molar-refractivity contribution is 5.69. The molecular weight excluding hydrogens is 298 g/mol. The van der Waals surface area contributed by atoms with Crippen LogP contribution in [0, 0.1) is 0 Å². The zero-order valence-electron chi connectivity index (χ0n) is 14.6. The SMILES string of the molecule is C/C=C/CCCCCOCC[N+](CCO)(CCO)C(C)C(=O)[O-]. The predicted molar refractivity (Wildman–Crippen MR) is 87.6 cm³/mol. The number of quaternary nitrogens is 1. The van der Waals surface area contributed by atoms with E-state index in [2.05, 4.69) is 12.2 Å². The third kappa shape index (κ3) is 9.05. The highest BCUT2D eigenvalue weighted by Crippen LogP contribution is 2.13. The van der Waals surface area contributed by atoms with Crippen molar-refractivity contribution in [3.8, 4) is 0 Å². The van der Waals surface area contributed by atoms with Crippen molar-refractivity contribution in [1.29, 1.82) is 0 Å². The highest BCUT2D eigenvalue weighted by atomic mass is 16.5. The maximum absolute atomic E-state index is 11.2. The number of carboxylic acids is 1. The maximum Gasteiger partial charge on any atom is 0.126 e. The number of aliphatic hydroxyl groups excluding tert-OH is 2. The molecule has 0 fully saturated rings. The molecule has 0 saturated carbocycles. The topological polar surface area (TPSA) is 89.8 Å². The summed E-state index contributed by atoms with van der Waals surface area (Å²) in [6.07, 6.45) is 8.52. The average molecular weight is 331 g/mol. The van der Waals surface area contributed by atoms with Crippen LogP contribution in [0.25, 0.3) is 0 Å². The van der Waals surface area contributed by atoms with Crippen LogP contribution in [0.4, 0.5) is 0 Å². The monoisotopic (exact) mass is 331 g/mol. The number of carbonyl (C=O) groups is 1. The van der Waals surface area contributed by atoms with Crippen LogP contribution < -0.4 is 5.11 Å². The quantitative estimate of drug-likeness (QED) is 0.252. The first kappa shape index (κ1) is 22.1. The minimum absolute atomic E-state index is 0.0800. The van der Waals surface area contributed by atoms with Gasteiger partial charge in [-0.1, -0.05) is 18.6 Å². The zero-order valence-corrected chi connectivity index (χ0v) is 14.6. The van der Waals surface area contributed by atoms with Gasteiger partial charge in [0.15, 0.2) is 0 Å². The first-order chi connectivity index (χ1) is 11.0. The molecule has 0 heterocycles. The first-order valence-corrected chi connectivity index (χ1v) is 8.51. The van der Waals surface area contributed by atoms with Crippen molar-refractivity contribution in [3.63, 3.8) is 0 Å². The molecule has 1 atom stereocenters. The number of allylic oxidation sites excluding steroid dienone is 2. The van der Waals surface area contributed by atoms with Gasteiger partial charge in [-0.25, -0.2) is 0 Å². The van der Waals surface area contributed by atoms with Gasteiger partial charge in [0.2, 0.25) is 0 Å². The molecule has 1 unspecified atom stereocenters. The normalized spacial score (nSPS) is 13.6. The summed E-state index contributed by atoms with van der Waals surface area (Å²) in [5, 5.41) is 29.7. The van der Waals surface area contributed by atoms with Gasteiger partial charge < -0.3 is 29.3 Å². The molecule has 0 bridgehead atoms. The van der Waals surface area contributed by atoms with E-state index in [1.54, 1.807) is 6.92 Å². The molecule has 0 aromatic rings. The number of rotatable bonds is 15. The first-order valence-electron chi connectivity index (χ1n) is 8.51. The summed E-state index contributed by atoms with van der Waals surface area (Å²) in [5.74, 6) is -1.17. The molecule has 0 aromatic heterocycles. The Kier molecular flexibility index (Phi) is 12.9. The average Bonchev–Trinajstić information content (AvgIpc) is 2.52. The molecule has 0 aromatic carbocycles. The molecule has 136 valence electrons. The van der Waals surface area contributed by atoms with Gasteiger partial charge in [0.25, 0.3) is 0 Å². The van der Waals surface area contributed by atoms with Crippen molar-refractivity contribution in [2.75, 3.05) is 46.1 Å². The second kappa shape index (κ2) is 13.5. The van der Waals surface area contributed by atoms with Gasteiger partial charge in [0.1, 0.15) is 25.7 Å². The number of hydrogen-bond acceptors (Lipinski definition) is 5. The number of aliphatic hydroxyl groups is 2. The summed E-state index contributed by atoms with van der Waals surface area (Å²) in [4.78, 5) is 11.2. The van der Waals surface area contributed by atoms with Gasteiger partial charge in [-0.3, -0.25) is 0 Å². The Morgan fingerprint density at radius 2 is 1.78 bits per heavy atom. The highest BCUT2D eigenvalue weighted by Gasteiger charge is 2.33. The van der Waals surface area contributed by atoms with Crippen molar-refractivity contribution < 1.29 is 29.3 Å². The molecular formula is C17H33NO5. The third-order valence-electron chi connectivity index (χ3n) is 4.33. The summed E-state index contributed by atoms with van der Waals surface area (Å²) in [7, 11) is 0. The second-order valence-corrected chi connectivity index (χ2v) is 5.86. The van der Waals surface area contributed by atoms with E-state index in [0.29, 0.717) is 19.8 Å². The van der Waals surface area contributed by atoms with Crippen LogP contribution in [0.5, 0.6) is 0 Å². The molecule has 6 heteroatoms. The van der Waals surface area contributed by atoms with Crippen LogP contribution in [0.1, 0.15) is 39.5 Å². The van der Waals surface area contributed by atoms with Gasteiger partial charge in [0.05, 0.1) is 25.8 Å². The van der Waals surface area contributed by atoms with Crippen LogP contribution in [0.2, 0.25) is 0 Å². The fourth-order valence-corrected chi connectivity index (χ4v) is 2.70. The van der Waals surface area contributed by atoms with Crippen molar-refractivity contribution in [1.82, 2.24) is 0 Å². The van der Waals surface area contributed by atoms with Crippen LogP contribution in [0.15, 0.2) is 12.2 Å². The molecule has 6 nitrogen and oxygen atoms in total. The van der Waals surface area contributed by atoms with Gasteiger partial charge in [-0.2, -0.15) is 0 Å². The van der Waals surface area contributed by atoms with Gasteiger partial charge in [0, 0.05) is 6.61 Å². The lowest BCUT2D eigenvalue weighted by Gasteiger charge is -2.43. The van der Waals surface area contributed by atoms with Crippen molar-refractivity contribution in [2.24, 2.45) is 0 Å². The fraction of sp³-hybridized carbons (Fsp3) is 0.824. The molecule has 0 aliphatic rings. The lowest BCUT2D eigenvalue weighted by atomic mass is 10.2. The smallest absolute Gasteiger partial charge is 0.126 e. The number of carboxylic acid groups (broad SMARTS) is 1. The molecule has 0 rings (SSSR count). The van der Waals surface area contributed by atoms with Gasteiger partial charge >= 0.3 is 0 Å². The molecule has 0 amide bonds. The van der Waals surface area contributed by atoms with Crippen molar-refractivity contribution >= 4 is 5.97 Å². The number of nitrogens with zero attached hydrogens (tertiary/aromatic N) is 1. The summed E-state index contributed by atoms with van der Waals surface area (Å²) >= 11 is 0. The lowest BCUT2D eigenvalue weighted by Crippen LogP contribution is -2.63. The Hall–Kier alpha value is -0.950. The van der Waals surface area contributed by atoms with E-state index >= 15 is 0 Å². The van der Waals surface area contributed by atoms with Crippen LogP contribution in [-0.2, 0) is 9.53 Å². The maximum atomic E-state index is 11.2. The van der Waals surface area contributed by atoms with Gasteiger partial charge in [-0.05, 0) is 33.1 Å². The van der Waals surface area contributed by atoms with Gasteiger partial charge in [-0.15, -0.1) is 0 Å². The van der Waals surface area contributed by atoms with Crippen LogP contribution in [0.3, 0.4) is 0 Å². The Morgan fingerprint density at radius 3 is 2.30 bits per heavy atom. The van der Waals surface area contributed by atoms with Crippen molar-refractivity contribution in [2.45, 2.75) is 45.6 Å². The van der Waals surface area contributed by atoms with E-state index in [1.807, 2.05) is 6.92 Å². The Morgan fingerprint density at radius 1 is 1.13 bits per heavy atom. The fourth-order valence-electron chi connectivity index (χ4n) is 2.70. The predicted octanol–water partition coefficient (Wildman–Crippen LogP) is 0.0793. The molecule has 0 radical (unpaired) electrons. The van der Waals surface area contributed by atoms with E-state index in [-0.39, 0.29) is 30.8 Å². The molecule has 0 aliphatic carbocycles. The summed E-state index contributed by atoms with van der Waals surface area (Å²) < 4.78 is 5.69. The largest absolute Gasteiger partial charge is 0.544 e. The Balaban J connectivity index is 4.21. The molecule has 23 heavy (non-hydrogen) atoms. The third-order valence-corrected chi connectivity index (χ3v) is 4.33. The lowest BCUT2D eigenvalue weighted by molar-refractivity contribution is -0.944. The molecule has 0 spiro atoms. The summed E-state index contributed by atoms with van der Waals surface area (Å²) in [5.41, 5.74) is 0. The number of ether oxygens (including phenoxy) is 1. The van der Waals surface area contributed by atoms with E-state index in [1.165, 1.54) is 0 Å². The second-order valence-electron chi connectivity index (χ2n) is 5.86. The Labute approximate surface area is 140 Å². The molecule has 0 aliphatic heterocycles. The van der Waals surface area contributed by atoms with Crippen molar-refractivity contribution in [3.05, 3.63) is 12.2 Å². The van der Waals surface area contributed by atoms with E-state index in [0.717, 1.165) is 25.7 Å². The summed E-state index contributed by atoms with van der Waals surface area (Å²) in [6.45, 7) is 5.33. The van der Waals surface area contributed by atoms with E-state index in [4.69, 9.17) is 4.74 Å². The summed E-state index contributed by atoms with van der Waals surface area (Å²) in [6, 6.07) is -0.793. The molecule has 0 saturated heterocycles.